The molecule has 0 unspecified atom stereocenters. The maximum Gasteiger partial charge on any atom is 0.121 e. The van der Waals surface area contributed by atoms with Crippen LogP contribution >= 0.6 is 38.5 Å². The van der Waals surface area contributed by atoms with Gasteiger partial charge in [0, 0.05) is 21.3 Å². The molecule has 88 valence electrons. The molecule has 0 bridgehead atoms. The van der Waals surface area contributed by atoms with Gasteiger partial charge in [-0.15, -0.1) is 0 Å². The normalized spacial score (nSPS) is 17.4. The highest BCUT2D eigenvalue weighted by Gasteiger charge is 2.14. The van der Waals surface area contributed by atoms with Crippen molar-refractivity contribution in [2.75, 3.05) is 19.8 Å². The van der Waals surface area contributed by atoms with Crippen LogP contribution < -0.4 is 4.74 Å². The number of ether oxygens (including phenoxy) is 2. The molecule has 0 N–H and O–H groups in total. The maximum absolute atomic E-state index is 5.82. The Morgan fingerprint density at radius 2 is 2.06 bits per heavy atom. The molecule has 2 rings (SSSR count). The summed E-state index contributed by atoms with van der Waals surface area (Å²) in [4.78, 5) is 0. The smallest absolute Gasteiger partial charge is 0.121 e. The minimum atomic E-state index is 0.644. The highest BCUT2D eigenvalue weighted by atomic mass is 127. The highest BCUT2D eigenvalue weighted by molar-refractivity contribution is 14.1. The quantitative estimate of drug-likeness (QED) is 0.722. The summed E-state index contributed by atoms with van der Waals surface area (Å²) in [6.07, 6.45) is 2.23. The fourth-order valence-corrected chi connectivity index (χ4v) is 3.28. The molecule has 1 aromatic carbocycles. The lowest BCUT2D eigenvalue weighted by Crippen LogP contribution is -2.21. The second-order valence-electron chi connectivity index (χ2n) is 3.97. The summed E-state index contributed by atoms with van der Waals surface area (Å²) in [7, 11) is 0. The van der Waals surface area contributed by atoms with Gasteiger partial charge in [-0.25, -0.2) is 0 Å². The van der Waals surface area contributed by atoms with Gasteiger partial charge in [0.15, 0.2) is 0 Å². The van der Waals surface area contributed by atoms with Gasteiger partial charge in [0.05, 0.1) is 6.61 Å². The van der Waals surface area contributed by atoms with Crippen molar-refractivity contribution in [1.29, 1.82) is 0 Å². The first-order chi connectivity index (χ1) is 7.74. The molecule has 4 heteroatoms. The van der Waals surface area contributed by atoms with Crippen molar-refractivity contribution in [3.8, 4) is 5.75 Å². The molecule has 0 amide bonds. The van der Waals surface area contributed by atoms with E-state index in [1.54, 1.807) is 0 Å². The minimum absolute atomic E-state index is 0.644. The number of rotatable bonds is 3. The predicted octanol–water partition coefficient (Wildman–Crippen LogP) is 3.86. The zero-order valence-electron chi connectivity index (χ0n) is 8.92. The molecule has 1 saturated heterocycles. The van der Waals surface area contributed by atoms with Gasteiger partial charge in [0.25, 0.3) is 0 Å². The third kappa shape index (κ3) is 3.89. The fraction of sp³-hybridized carbons (Fsp3) is 0.500. The Labute approximate surface area is 118 Å². The van der Waals surface area contributed by atoms with Crippen LogP contribution in [0.1, 0.15) is 12.8 Å². The Morgan fingerprint density at radius 1 is 1.31 bits per heavy atom. The lowest BCUT2D eigenvalue weighted by Gasteiger charge is -2.22. The summed E-state index contributed by atoms with van der Waals surface area (Å²) in [5.41, 5.74) is 0. The Balaban J connectivity index is 1.88. The van der Waals surface area contributed by atoms with Gasteiger partial charge in [-0.05, 0) is 59.5 Å². The molecule has 1 aromatic rings. The summed E-state index contributed by atoms with van der Waals surface area (Å²) in [6.45, 7) is 2.56. The van der Waals surface area contributed by atoms with Gasteiger partial charge in [0.2, 0.25) is 0 Å². The van der Waals surface area contributed by atoms with Gasteiger partial charge in [0.1, 0.15) is 5.75 Å². The van der Waals surface area contributed by atoms with E-state index in [9.17, 15) is 0 Å². The molecule has 2 nitrogen and oxygen atoms in total. The molecule has 0 spiro atoms. The van der Waals surface area contributed by atoms with Crippen molar-refractivity contribution in [2.45, 2.75) is 12.8 Å². The van der Waals surface area contributed by atoms with E-state index >= 15 is 0 Å². The molecule has 1 aliphatic heterocycles. The van der Waals surface area contributed by atoms with Crippen molar-refractivity contribution in [1.82, 2.24) is 0 Å². The van der Waals surface area contributed by atoms with Crippen LogP contribution in [0.15, 0.2) is 22.7 Å². The van der Waals surface area contributed by atoms with E-state index in [4.69, 9.17) is 9.47 Å². The van der Waals surface area contributed by atoms with E-state index in [0.717, 1.165) is 42.9 Å². The third-order valence-electron chi connectivity index (χ3n) is 2.66. The number of benzene rings is 1. The summed E-state index contributed by atoms with van der Waals surface area (Å²) in [6, 6.07) is 6.15. The summed E-state index contributed by atoms with van der Waals surface area (Å²) < 4.78 is 13.4. The number of hydrogen-bond donors (Lipinski definition) is 0. The number of halogens is 2. The van der Waals surface area contributed by atoms with Crippen molar-refractivity contribution in [3.05, 3.63) is 26.2 Å². The zero-order valence-corrected chi connectivity index (χ0v) is 12.7. The molecule has 0 aromatic heterocycles. The van der Waals surface area contributed by atoms with E-state index in [1.165, 1.54) is 3.57 Å². The van der Waals surface area contributed by atoms with Gasteiger partial charge in [-0.2, -0.15) is 0 Å². The molecule has 1 aliphatic rings. The second kappa shape index (κ2) is 6.21. The van der Waals surface area contributed by atoms with Crippen molar-refractivity contribution in [2.24, 2.45) is 5.92 Å². The Kier molecular flexibility index (Phi) is 4.91. The number of hydrogen-bond acceptors (Lipinski definition) is 2. The largest absolute Gasteiger partial charge is 0.493 e. The topological polar surface area (TPSA) is 18.5 Å². The molecule has 0 radical (unpaired) electrons. The van der Waals surface area contributed by atoms with Gasteiger partial charge in [-0.1, -0.05) is 15.9 Å². The first-order valence-electron chi connectivity index (χ1n) is 5.40. The average Bonchev–Trinajstić information content (AvgIpc) is 2.27. The van der Waals surface area contributed by atoms with E-state index in [2.05, 4.69) is 50.7 Å². The molecule has 1 fully saturated rings. The van der Waals surface area contributed by atoms with E-state index in [0.29, 0.717) is 5.92 Å². The van der Waals surface area contributed by atoms with Crippen LogP contribution in [0.3, 0.4) is 0 Å². The molecular weight excluding hydrogens is 383 g/mol. The Morgan fingerprint density at radius 3 is 2.75 bits per heavy atom. The zero-order chi connectivity index (χ0) is 11.4. The molecule has 0 atom stereocenters. The van der Waals surface area contributed by atoms with Crippen molar-refractivity contribution in [3.63, 3.8) is 0 Å². The molecule has 0 saturated carbocycles. The Bertz CT molecular complexity index is 331. The monoisotopic (exact) mass is 396 g/mol. The predicted molar refractivity (Wildman–Crippen MR) is 75.9 cm³/mol. The van der Waals surface area contributed by atoms with Gasteiger partial charge >= 0.3 is 0 Å². The average molecular weight is 397 g/mol. The van der Waals surface area contributed by atoms with E-state index in [1.807, 2.05) is 6.07 Å². The Hall–Kier alpha value is 0.190. The van der Waals surface area contributed by atoms with Crippen molar-refractivity contribution < 1.29 is 9.47 Å². The maximum atomic E-state index is 5.82. The van der Waals surface area contributed by atoms with Crippen LogP contribution in [0.25, 0.3) is 0 Å². The third-order valence-corrected chi connectivity index (χ3v) is 3.74. The van der Waals surface area contributed by atoms with Crippen LogP contribution in [0.2, 0.25) is 0 Å². The second-order valence-corrected chi connectivity index (χ2v) is 6.13. The van der Waals surface area contributed by atoms with Crippen LogP contribution in [-0.2, 0) is 4.74 Å². The van der Waals surface area contributed by atoms with Crippen LogP contribution in [0.5, 0.6) is 5.75 Å². The van der Waals surface area contributed by atoms with Crippen LogP contribution in [0, 0.1) is 9.49 Å². The first-order valence-corrected chi connectivity index (χ1v) is 7.28. The standard InChI is InChI=1S/C12H14BrIO2/c13-10-5-11(14)7-12(6-10)16-8-9-1-3-15-4-2-9/h5-7,9H,1-4,8H2. The highest BCUT2D eigenvalue weighted by Crippen LogP contribution is 2.24. The van der Waals surface area contributed by atoms with Crippen molar-refractivity contribution >= 4 is 38.5 Å². The summed E-state index contributed by atoms with van der Waals surface area (Å²) >= 11 is 5.77. The molecular formula is C12H14BrIO2. The summed E-state index contributed by atoms with van der Waals surface area (Å²) in [5, 5.41) is 0. The molecule has 0 aliphatic carbocycles. The fourth-order valence-electron chi connectivity index (χ4n) is 1.74. The SMILES string of the molecule is Brc1cc(I)cc(OCC2CCOCC2)c1. The molecule has 16 heavy (non-hydrogen) atoms. The van der Waals surface area contributed by atoms with E-state index < -0.39 is 0 Å². The van der Waals surface area contributed by atoms with E-state index in [-0.39, 0.29) is 0 Å². The van der Waals surface area contributed by atoms with Gasteiger partial charge < -0.3 is 9.47 Å². The van der Waals surface area contributed by atoms with Crippen LogP contribution in [-0.4, -0.2) is 19.8 Å². The minimum Gasteiger partial charge on any atom is -0.493 e. The van der Waals surface area contributed by atoms with Gasteiger partial charge in [-0.3, -0.25) is 0 Å². The lowest BCUT2D eigenvalue weighted by molar-refractivity contribution is 0.0497. The van der Waals surface area contributed by atoms with Crippen LogP contribution in [0.4, 0.5) is 0 Å². The molecule has 1 heterocycles. The lowest BCUT2D eigenvalue weighted by atomic mass is 10.0. The first kappa shape index (κ1) is 12.6. The summed E-state index contributed by atoms with van der Waals surface area (Å²) in [5.74, 6) is 1.59.